The van der Waals surface area contributed by atoms with Crippen LogP contribution in [0.2, 0.25) is 0 Å². The van der Waals surface area contributed by atoms with E-state index in [1.165, 1.54) is 0 Å². The van der Waals surface area contributed by atoms with E-state index >= 15 is 0 Å². The number of allylic oxidation sites excluding steroid dienone is 4. The fourth-order valence-corrected chi connectivity index (χ4v) is 4.13. The molecule has 9 heteroatoms. The summed E-state index contributed by atoms with van der Waals surface area (Å²) < 4.78 is 44.9. The molecular weight excluding hydrogens is 503 g/mol. The topological polar surface area (TPSA) is 110 Å². The minimum Gasteiger partial charge on any atom is -0.744 e. The fraction of sp³-hybridized carbons (Fsp3) is 0.571. The summed E-state index contributed by atoms with van der Waals surface area (Å²) >= 11 is 0. The van der Waals surface area contributed by atoms with Crippen LogP contribution in [-0.2, 0) is 19.6 Å². The zero-order valence-electron chi connectivity index (χ0n) is 22.7. The van der Waals surface area contributed by atoms with Crippen LogP contribution in [0.4, 0.5) is 0 Å². The van der Waals surface area contributed by atoms with E-state index in [0.717, 1.165) is 82.4 Å². The number of carbonyl (C=O) groups is 2. The van der Waals surface area contributed by atoms with E-state index < -0.39 is 27.0 Å². The number of ether oxygens (including phenoxy) is 2. The summed E-state index contributed by atoms with van der Waals surface area (Å²) in [6.45, 7) is 4.34. The standard InChI is InChI=1S/C28H42O7S.Na/c1-3-5-7-9-11-13-15-17-21-34-27(29)25-20-19-24(36(31,32)33)23-26(25)28(30)35-22-18-16-14-12-10-8-6-4-2;/h3-6,19-20,23H,7-18,21-22H2,1-2H3,(H,31,32,33);/q;+1/p-1/b5-3+,6-4+;. The quantitative estimate of drug-likeness (QED) is 0.0858. The van der Waals surface area contributed by atoms with Crippen LogP contribution in [0.25, 0.3) is 0 Å². The van der Waals surface area contributed by atoms with Crippen LogP contribution >= 0.6 is 0 Å². The number of unbranched alkanes of at least 4 members (excludes halogenated alkanes) is 10. The van der Waals surface area contributed by atoms with Gasteiger partial charge in [-0.25, -0.2) is 18.0 Å². The van der Waals surface area contributed by atoms with Gasteiger partial charge in [0.2, 0.25) is 0 Å². The van der Waals surface area contributed by atoms with Crippen LogP contribution in [0.1, 0.15) is 112 Å². The number of carbonyl (C=O) groups excluding carboxylic acids is 2. The predicted molar refractivity (Wildman–Crippen MR) is 140 cm³/mol. The van der Waals surface area contributed by atoms with E-state index in [4.69, 9.17) is 9.47 Å². The second-order valence-corrected chi connectivity index (χ2v) is 10.1. The molecule has 0 radical (unpaired) electrons. The van der Waals surface area contributed by atoms with Crippen molar-refractivity contribution in [1.82, 2.24) is 0 Å². The average Bonchev–Trinajstić information content (AvgIpc) is 2.85. The molecule has 0 atom stereocenters. The predicted octanol–water partition coefficient (Wildman–Crippen LogP) is 3.74. The molecule has 0 amide bonds. The molecule has 0 bridgehead atoms. The third kappa shape index (κ3) is 16.2. The molecule has 0 aliphatic rings. The van der Waals surface area contributed by atoms with Crippen molar-refractivity contribution in [3.05, 3.63) is 53.6 Å². The first-order valence-electron chi connectivity index (χ1n) is 13.0. The number of hydrogen-bond acceptors (Lipinski definition) is 7. The van der Waals surface area contributed by atoms with Gasteiger partial charge in [-0.3, -0.25) is 0 Å². The molecule has 0 aliphatic carbocycles. The van der Waals surface area contributed by atoms with Gasteiger partial charge in [0.15, 0.2) is 0 Å². The van der Waals surface area contributed by atoms with Gasteiger partial charge in [0.1, 0.15) is 10.1 Å². The van der Waals surface area contributed by atoms with Crippen molar-refractivity contribution >= 4 is 22.1 Å². The normalized spacial score (nSPS) is 11.5. The van der Waals surface area contributed by atoms with Gasteiger partial charge < -0.3 is 14.0 Å². The molecule has 0 spiro atoms. The Kier molecular flexibility index (Phi) is 20.6. The molecule has 1 aromatic carbocycles. The van der Waals surface area contributed by atoms with Crippen molar-refractivity contribution in [3.63, 3.8) is 0 Å². The van der Waals surface area contributed by atoms with E-state index in [9.17, 15) is 22.6 Å². The van der Waals surface area contributed by atoms with Crippen LogP contribution in [0.15, 0.2) is 47.4 Å². The van der Waals surface area contributed by atoms with Crippen molar-refractivity contribution < 1.29 is 61.6 Å². The molecule has 0 N–H and O–H groups in total. The Morgan fingerprint density at radius 1 is 0.730 bits per heavy atom. The summed E-state index contributed by atoms with van der Waals surface area (Å²) in [5, 5.41) is 0. The molecule has 0 saturated carbocycles. The van der Waals surface area contributed by atoms with Gasteiger partial charge in [0, 0.05) is 0 Å². The van der Waals surface area contributed by atoms with Gasteiger partial charge >= 0.3 is 41.5 Å². The maximum Gasteiger partial charge on any atom is 1.00 e. The molecule has 1 rings (SSSR count). The Bertz CT molecular complexity index is 955. The molecule has 202 valence electrons. The molecule has 0 unspecified atom stereocenters. The maximum absolute atomic E-state index is 12.6. The van der Waals surface area contributed by atoms with E-state index in [-0.39, 0.29) is 53.9 Å². The molecule has 37 heavy (non-hydrogen) atoms. The molecule has 0 saturated heterocycles. The summed E-state index contributed by atoms with van der Waals surface area (Å²) in [5.74, 6) is -1.59. The Balaban J connectivity index is 0.0000130. The first-order valence-corrected chi connectivity index (χ1v) is 14.4. The van der Waals surface area contributed by atoms with Crippen molar-refractivity contribution in [3.8, 4) is 0 Å². The molecule has 0 aliphatic heterocycles. The molecule has 1 aromatic rings. The van der Waals surface area contributed by atoms with Gasteiger partial charge in [-0.2, -0.15) is 0 Å². The van der Waals surface area contributed by atoms with E-state index in [2.05, 4.69) is 12.2 Å². The molecular formula is C28H41NaO7S. The minimum atomic E-state index is -4.80. The molecule has 0 heterocycles. The van der Waals surface area contributed by atoms with Gasteiger partial charge in [0.05, 0.1) is 29.2 Å². The second-order valence-electron chi connectivity index (χ2n) is 8.68. The van der Waals surface area contributed by atoms with Gasteiger partial charge in [0.25, 0.3) is 0 Å². The molecule has 0 aromatic heterocycles. The fourth-order valence-electron chi connectivity index (χ4n) is 3.63. The monoisotopic (exact) mass is 544 g/mol. The average molecular weight is 545 g/mol. The van der Waals surface area contributed by atoms with Crippen LogP contribution in [-0.4, -0.2) is 38.1 Å². The Morgan fingerprint density at radius 2 is 1.16 bits per heavy atom. The van der Waals surface area contributed by atoms with Gasteiger partial charge in [-0.1, -0.05) is 62.8 Å². The minimum absolute atomic E-state index is 0. The van der Waals surface area contributed by atoms with Crippen LogP contribution in [0.3, 0.4) is 0 Å². The summed E-state index contributed by atoms with van der Waals surface area (Å²) in [4.78, 5) is 24.6. The van der Waals surface area contributed by atoms with E-state index in [1.807, 2.05) is 26.0 Å². The first-order chi connectivity index (χ1) is 17.3. The SMILES string of the molecule is C/C=C/CCCCCCCOC(=O)c1ccc(S(=O)(=O)[O-])cc1C(=O)OCCCCCCC/C=C/C.[Na+]. The Labute approximate surface area is 245 Å². The van der Waals surface area contributed by atoms with Crippen LogP contribution < -0.4 is 29.6 Å². The van der Waals surface area contributed by atoms with Crippen LogP contribution in [0.5, 0.6) is 0 Å². The van der Waals surface area contributed by atoms with Crippen molar-refractivity contribution in [2.45, 2.75) is 95.8 Å². The number of rotatable bonds is 19. The van der Waals surface area contributed by atoms with Gasteiger partial charge in [-0.15, -0.1) is 0 Å². The zero-order valence-corrected chi connectivity index (χ0v) is 25.5. The number of esters is 2. The van der Waals surface area contributed by atoms with Crippen molar-refractivity contribution in [1.29, 1.82) is 0 Å². The van der Waals surface area contributed by atoms with Gasteiger partial charge in [-0.05, 0) is 70.6 Å². The largest absolute Gasteiger partial charge is 1.00 e. The second kappa shape index (κ2) is 21.5. The summed E-state index contributed by atoms with van der Waals surface area (Å²) in [6, 6.07) is 3.04. The Hall–Kier alpha value is -1.45. The summed E-state index contributed by atoms with van der Waals surface area (Å²) in [5.41, 5.74) is -0.380. The van der Waals surface area contributed by atoms with Crippen molar-refractivity contribution in [2.75, 3.05) is 13.2 Å². The molecule has 7 nitrogen and oxygen atoms in total. The molecule has 0 fully saturated rings. The third-order valence-corrected chi connectivity index (χ3v) is 6.52. The Morgan fingerprint density at radius 3 is 1.62 bits per heavy atom. The smallest absolute Gasteiger partial charge is 0.744 e. The summed E-state index contributed by atoms with van der Waals surface area (Å²) in [7, 11) is -4.80. The third-order valence-electron chi connectivity index (χ3n) is 5.69. The van der Waals surface area contributed by atoms with E-state index in [0.29, 0.717) is 12.8 Å². The first kappa shape index (κ1) is 35.5. The number of benzene rings is 1. The number of hydrogen-bond donors (Lipinski definition) is 0. The van der Waals surface area contributed by atoms with Crippen molar-refractivity contribution in [2.24, 2.45) is 0 Å². The maximum atomic E-state index is 12.6. The van der Waals surface area contributed by atoms with E-state index in [1.54, 1.807) is 0 Å². The van der Waals surface area contributed by atoms with Crippen LogP contribution in [0, 0.1) is 0 Å². The zero-order chi connectivity index (χ0) is 26.7. The summed E-state index contributed by atoms with van der Waals surface area (Å²) in [6.07, 6.45) is 20.1.